The van der Waals surface area contributed by atoms with Crippen molar-refractivity contribution in [2.45, 2.75) is 12.4 Å². The van der Waals surface area contributed by atoms with Crippen molar-refractivity contribution < 1.29 is 21.6 Å². The Morgan fingerprint density at radius 1 is 1.45 bits per heavy atom. The third kappa shape index (κ3) is 7.08. The number of rotatable bonds is 0. The molecule has 0 unspecified atom stereocenters. The van der Waals surface area contributed by atoms with Gasteiger partial charge in [0.05, 0.1) is 6.07 Å². The highest BCUT2D eigenvalue weighted by atomic mass is 32.2. The van der Waals surface area contributed by atoms with Crippen LogP contribution in [0.4, 0.5) is 13.2 Å². The largest absolute Gasteiger partial charge is 0.511 e. The number of nitriles is 1. The third-order valence-corrected chi connectivity index (χ3v) is 0.968. The van der Waals surface area contributed by atoms with Crippen molar-refractivity contribution in [1.82, 2.24) is 0 Å². The van der Waals surface area contributed by atoms with E-state index >= 15 is 0 Å². The molecular weight excluding hydrogens is 185 g/mol. The molecule has 4 nitrogen and oxygen atoms in total. The van der Waals surface area contributed by atoms with E-state index in [2.05, 4.69) is 5.14 Å². The molecule has 0 aliphatic heterocycles. The van der Waals surface area contributed by atoms with E-state index in [0.29, 0.717) is 0 Å². The van der Waals surface area contributed by atoms with Crippen LogP contribution >= 0.6 is 0 Å². The summed E-state index contributed by atoms with van der Waals surface area (Å²) in [6.07, 6.45) is 0. The molecule has 0 fully saturated rings. The van der Waals surface area contributed by atoms with Gasteiger partial charge in [-0.05, 0) is 0 Å². The van der Waals surface area contributed by atoms with Gasteiger partial charge >= 0.3 is 15.5 Å². The number of hydrogen-bond acceptors (Lipinski definition) is 3. The van der Waals surface area contributed by atoms with Gasteiger partial charge in [-0.25, -0.2) is 13.6 Å². The molecular formula is C3H5F3N2O2S. The molecule has 0 aromatic heterocycles. The summed E-state index contributed by atoms with van der Waals surface area (Å²) in [5, 5.41) is 11.0. The summed E-state index contributed by atoms with van der Waals surface area (Å²) in [5.41, 5.74) is -5.31. The second-order valence-corrected chi connectivity index (χ2v) is 2.77. The van der Waals surface area contributed by atoms with Gasteiger partial charge in [0.15, 0.2) is 0 Å². The number of nitrogens with zero attached hydrogens (tertiary/aromatic N) is 1. The van der Waals surface area contributed by atoms with E-state index in [1.165, 1.54) is 6.92 Å². The van der Waals surface area contributed by atoms with Crippen LogP contribution in [0.5, 0.6) is 0 Å². The smallest absolute Gasteiger partial charge is 0.221 e. The number of primary sulfonamides is 1. The molecule has 0 aromatic carbocycles. The van der Waals surface area contributed by atoms with Crippen molar-refractivity contribution in [3.8, 4) is 6.07 Å². The van der Waals surface area contributed by atoms with Gasteiger partial charge in [0.2, 0.25) is 0 Å². The number of sulfonamides is 1. The summed E-state index contributed by atoms with van der Waals surface area (Å²) in [6.45, 7) is 1.43. The van der Waals surface area contributed by atoms with Gasteiger partial charge in [0.1, 0.15) is 0 Å². The third-order valence-electron chi connectivity index (χ3n) is 0.323. The molecule has 0 saturated heterocycles. The highest BCUT2D eigenvalue weighted by Gasteiger charge is 2.42. The fourth-order valence-corrected chi connectivity index (χ4v) is 0. The SMILES string of the molecule is CC#N.NS(=O)(=O)C(F)(F)F. The van der Waals surface area contributed by atoms with Crippen molar-refractivity contribution in [3.05, 3.63) is 0 Å². The summed E-state index contributed by atoms with van der Waals surface area (Å²) in [6, 6.07) is 1.75. The normalized spacial score (nSPS) is 10.9. The Hall–Kier alpha value is -0.810. The maximum atomic E-state index is 10.8. The van der Waals surface area contributed by atoms with Crippen molar-refractivity contribution in [1.29, 1.82) is 5.26 Å². The minimum atomic E-state index is -5.34. The first-order valence-electron chi connectivity index (χ1n) is 2.06. The average Bonchev–Trinajstić information content (AvgIpc) is 1.60. The second-order valence-electron chi connectivity index (χ2n) is 1.21. The first-order chi connectivity index (χ1) is 4.66. The van der Waals surface area contributed by atoms with E-state index < -0.39 is 15.5 Å². The summed E-state index contributed by atoms with van der Waals surface area (Å²) in [5.74, 6) is 0. The van der Waals surface area contributed by atoms with E-state index in [4.69, 9.17) is 5.26 Å². The maximum Gasteiger partial charge on any atom is 0.511 e. The molecule has 0 heterocycles. The highest BCUT2D eigenvalue weighted by molar-refractivity contribution is 7.90. The van der Waals surface area contributed by atoms with Crippen LogP contribution in [-0.2, 0) is 10.0 Å². The number of nitrogens with two attached hydrogens (primary N) is 1. The minimum absolute atomic E-state index is 1.43. The van der Waals surface area contributed by atoms with E-state index in [1.54, 1.807) is 6.07 Å². The Morgan fingerprint density at radius 2 is 1.55 bits per heavy atom. The summed E-state index contributed by atoms with van der Waals surface area (Å²) >= 11 is 0. The summed E-state index contributed by atoms with van der Waals surface area (Å²) in [7, 11) is -5.34. The molecule has 0 radical (unpaired) electrons. The quantitative estimate of drug-likeness (QED) is 0.597. The van der Waals surface area contributed by atoms with Crippen LogP contribution < -0.4 is 5.14 Å². The lowest BCUT2D eigenvalue weighted by molar-refractivity contribution is -0.0436. The Kier molecular flexibility index (Phi) is 4.84. The molecule has 0 aliphatic rings. The van der Waals surface area contributed by atoms with Crippen molar-refractivity contribution >= 4 is 10.0 Å². The minimum Gasteiger partial charge on any atom is -0.221 e. The molecule has 0 bridgehead atoms. The standard InChI is InChI=1S/C2H3N.CH2F3NO2S/c1-2-3;2-1(3,4)8(5,6)7/h1H3;(H2,5,6,7). The molecule has 11 heavy (non-hydrogen) atoms. The zero-order valence-corrected chi connectivity index (χ0v) is 6.20. The van der Waals surface area contributed by atoms with Gasteiger partial charge < -0.3 is 0 Å². The van der Waals surface area contributed by atoms with E-state index in [1.807, 2.05) is 0 Å². The van der Waals surface area contributed by atoms with E-state index in [0.717, 1.165) is 0 Å². The van der Waals surface area contributed by atoms with Gasteiger partial charge in [-0.1, -0.05) is 0 Å². The lowest BCUT2D eigenvalue weighted by Crippen LogP contribution is -2.30. The predicted molar refractivity (Wildman–Crippen MR) is 30.4 cm³/mol. The molecule has 2 N–H and O–H groups in total. The molecule has 0 atom stereocenters. The number of alkyl halides is 3. The molecule has 0 saturated carbocycles. The lowest BCUT2D eigenvalue weighted by Gasteiger charge is -1.98. The van der Waals surface area contributed by atoms with Crippen molar-refractivity contribution in [2.24, 2.45) is 5.14 Å². The summed E-state index contributed by atoms with van der Waals surface area (Å²) < 4.78 is 51.2. The Labute approximate surface area is 61.5 Å². The van der Waals surface area contributed by atoms with Gasteiger partial charge in [-0.2, -0.15) is 18.4 Å². The number of hydrogen-bond donors (Lipinski definition) is 1. The van der Waals surface area contributed by atoms with Crippen LogP contribution in [0, 0.1) is 11.3 Å². The topological polar surface area (TPSA) is 83.9 Å². The second kappa shape index (κ2) is 4.15. The fourth-order valence-electron chi connectivity index (χ4n) is 0. The molecule has 0 spiro atoms. The zero-order chi connectivity index (χ0) is 9.71. The zero-order valence-electron chi connectivity index (χ0n) is 5.38. The van der Waals surface area contributed by atoms with Crippen LogP contribution in [-0.4, -0.2) is 13.9 Å². The van der Waals surface area contributed by atoms with Crippen LogP contribution in [0.1, 0.15) is 6.92 Å². The highest BCUT2D eigenvalue weighted by Crippen LogP contribution is 2.18. The van der Waals surface area contributed by atoms with E-state index in [-0.39, 0.29) is 0 Å². The van der Waals surface area contributed by atoms with Crippen LogP contribution in [0.15, 0.2) is 0 Å². The fraction of sp³-hybridized carbons (Fsp3) is 0.667. The molecule has 8 heteroatoms. The Bertz CT molecular complexity index is 236. The van der Waals surface area contributed by atoms with Crippen molar-refractivity contribution in [3.63, 3.8) is 0 Å². The summed E-state index contributed by atoms with van der Waals surface area (Å²) in [4.78, 5) is 0. The first-order valence-corrected chi connectivity index (χ1v) is 3.61. The van der Waals surface area contributed by atoms with Gasteiger partial charge in [0, 0.05) is 6.92 Å². The van der Waals surface area contributed by atoms with Crippen molar-refractivity contribution in [2.75, 3.05) is 0 Å². The first kappa shape index (κ1) is 12.8. The van der Waals surface area contributed by atoms with Gasteiger partial charge in [0.25, 0.3) is 0 Å². The van der Waals surface area contributed by atoms with Crippen LogP contribution in [0.25, 0.3) is 0 Å². The van der Waals surface area contributed by atoms with Gasteiger partial charge in [-0.15, -0.1) is 0 Å². The van der Waals surface area contributed by atoms with E-state index in [9.17, 15) is 21.6 Å². The lowest BCUT2D eigenvalue weighted by atomic mass is 11.0. The Balaban J connectivity index is 0. The molecule has 0 aromatic rings. The predicted octanol–water partition coefficient (Wildman–Crippen LogP) is 0.325. The average molecular weight is 190 g/mol. The Morgan fingerprint density at radius 3 is 1.55 bits per heavy atom. The molecule has 66 valence electrons. The van der Waals surface area contributed by atoms with Crippen LogP contribution in [0.2, 0.25) is 0 Å². The number of halogens is 3. The monoisotopic (exact) mass is 190 g/mol. The molecule has 0 rings (SSSR count). The maximum absolute atomic E-state index is 10.8. The van der Waals surface area contributed by atoms with Crippen LogP contribution in [0.3, 0.4) is 0 Å². The molecule has 0 amide bonds. The molecule has 0 aliphatic carbocycles. The van der Waals surface area contributed by atoms with Gasteiger partial charge in [-0.3, -0.25) is 0 Å².